The van der Waals surface area contributed by atoms with Crippen molar-refractivity contribution < 1.29 is 19.1 Å². The topological polar surface area (TPSA) is 94.9 Å². The first kappa shape index (κ1) is 25.1. The molecule has 1 N–H and O–H groups in total. The zero-order chi connectivity index (χ0) is 24.6. The van der Waals surface area contributed by atoms with Gasteiger partial charge < -0.3 is 19.7 Å². The summed E-state index contributed by atoms with van der Waals surface area (Å²) in [4.78, 5) is 28.7. The van der Waals surface area contributed by atoms with Crippen LogP contribution in [0.25, 0.3) is 0 Å². The molecule has 1 aliphatic heterocycles. The molecule has 8 nitrogen and oxygen atoms in total. The molecule has 180 valence electrons. The van der Waals surface area contributed by atoms with Gasteiger partial charge in [-0.05, 0) is 45.0 Å². The molecular formula is C26H32N4O4. The van der Waals surface area contributed by atoms with Gasteiger partial charge in [-0.25, -0.2) is 4.79 Å². The second-order valence-corrected chi connectivity index (χ2v) is 9.15. The van der Waals surface area contributed by atoms with Crippen molar-refractivity contribution in [3.63, 3.8) is 0 Å². The predicted molar refractivity (Wildman–Crippen MR) is 129 cm³/mol. The summed E-state index contributed by atoms with van der Waals surface area (Å²) in [7, 11) is 0. The lowest BCUT2D eigenvalue weighted by molar-refractivity contribution is 0.0147. The van der Waals surface area contributed by atoms with Crippen LogP contribution in [0.15, 0.2) is 48.5 Å². The van der Waals surface area contributed by atoms with Gasteiger partial charge in [0.25, 0.3) is 5.91 Å². The molecule has 1 heterocycles. The Kier molecular flexibility index (Phi) is 8.50. The molecule has 3 rings (SSSR count). The number of hydrogen-bond acceptors (Lipinski definition) is 6. The van der Waals surface area contributed by atoms with Crippen LogP contribution in [0.5, 0.6) is 5.75 Å². The Bertz CT molecular complexity index is 1030. The van der Waals surface area contributed by atoms with Crippen molar-refractivity contribution in [2.24, 2.45) is 0 Å². The molecule has 0 aromatic heterocycles. The Hall–Kier alpha value is -3.57. The number of piperazine rings is 1. The number of ether oxygens (including phenoxy) is 2. The number of benzene rings is 2. The van der Waals surface area contributed by atoms with Crippen molar-refractivity contribution in [3.8, 4) is 11.8 Å². The lowest BCUT2D eigenvalue weighted by Crippen LogP contribution is -2.51. The maximum Gasteiger partial charge on any atom is 0.410 e. The van der Waals surface area contributed by atoms with E-state index in [1.54, 1.807) is 35.2 Å². The molecule has 2 aromatic carbocycles. The van der Waals surface area contributed by atoms with Crippen LogP contribution in [0.4, 0.5) is 4.79 Å². The van der Waals surface area contributed by atoms with Gasteiger partial charge in [0.05, 0.1) is 11.6 Å². The molecule has 0 bridgehead atoms. The summed E-state index contributed by atoms with van der Waals surface area (Å²) in [5, 5.41) is 12.1. The first-order chi connectivity index (χ1) is 16.2. The highest BCUT2D eigenvalue weighted by Gasteiger charge is 2.25. The van der Waals surface area contributed by atoms with Crippen LogP contribution in [-0.4, -0.2) is 66.7 Å². The van der Waals surface area contributed by atoms with Gasteiger partial charge in [0, 0.05) is 50.4 Å². The normalized spacial score (nSPS) is 14.2. The molecule has 0 saturated carbocycles. The zero-order valence-corrected chi connectivity index (χ0v) is 20.0. The third-order valence-electron chi connectivity index (χ3n) is 5.37. The van der Waals surface area contributed by atoms with E-state index in [-0.39, 0.29) is 18.6 Å². The van der Waals surface area contributed by atoms with Gasteiger partial charge in [-0.2, -0.15) is 5.26 Å². The SMILES string of the molecule is CC(C)(C)OC(=O)N1CCN(CCNC(=O)c2cccc(OCc3ccccc3C#N)c2)CC1. The first-order valence-electron chi connectivity index (χ1n) is 11.4. The largest absolute Gasteiger partial charge is 0.489 e. The van der Waals surface area contributed by atoms with Crippen LogP contribution in [-0.2, 0) is 11.3 Å². The number of hydrogen-bond donors (Lipinski definition) is 1. The van der Waals surface area contributed by atoms with Crippen molar-refractivity contribution >= 4 is 12.0 Å². The van der Waals surface area contributed by atoms with Gasteiger partial charge in [0.1, 0.15) is 18.0 Å². The molecule has 34 heavy (non-hydrogen) atoms. The molecule has 0 aliphatic carbocycles. The lowest BCUT2D eigenvalue weighted by atomic mass is 10.1. The Balaban J connectivity index is 1.42. The molecule has 1 aliphatic rings. The van der Waals surface area contributed by atoms with Crippen molar-refractivity contribution in [1.29, 1.82) is 5.26 Å². The number of nitrogens with zero attached hydrogens (tertiary/aromatic N) is 3. The fraction of sp³-hybridized carbons (Fsp3) is 0.423. The Morgan fingerprint density at radius 1 is 1.06 bits per heavy atom. The number of rotatable bonds is 7. The van der Waals surface area contributed by atoms with Crippen molar-refractivity contribution in [2.45, 2.75) is 33.0 Å². The van der Waals surface area contributed by atoms with Crippen molar-refractivity contribution in [2.75, 3.05) is 39.3 Å². The molecule has 0 atom stereocenters. The molecule has 2 amide bonds. The molecule has 8 heteroatoms. The standard InChI is InChI=1S/C26H32N4O4/c1-26(2,3)34-25(32)30-15-13-29(14-16-30)12-11-28-24(31)20-9-6-10-23(17-20)33-19-22-8-5-4-7-21(22)18-27/h4-10,17H,11-16,19H2,1-3H3,(H,28,31). The summed E-state index contributed by atoms with van der Waals surface area (Å²) in [5.74, 6) is 0.397. The van der Waals surface area contributed by atoms with Crippen molar-refractivity contribution in [1.82, 2.24) is 15.1 Å². The van der Waals surface area contributed by atoms with E-state index >= 15 is 0 Å². The molecule has 0 unspecified atom stereocenters. The Morgan fingerprint density at radius 3 is 2.50 bits per heavy atom. The van der Waals surface area contributed by atoms with E-state index in [4.69, 9.17) is 9.47 Å². The van der Waals surface area contributed by atoms with Crippen LogP contribution in [0, 0.1) is 11.3 Å². The minimum Gasteiger partial charge on any atom is -0.489 e. The minimum absolute atomic E-state index is 0.171. The van der Waals surface area contributed by atoms with E-state index in [1.165, 1.54) is 0 Å². The van der Waals surface area contributed by atoms with E-state index in [9.17, 15) is 14.9 Å². The third-order valence-corrected chi connectivity index (χ3v) is 5.37. The van der Waals surface area contributed by atoms with Crippen LogP contribution in [0.2, 0.25) is 0 Å². The lowest BCUT2D eigenvalue weighted by Gasteiger charge is -2.35. The molecule has 2 aromatic rings. The van der Waals surface area contributed by atoms with Crippen LogP contribution in [0.3, 0.4) is 0 Å². The molecule has 1 fully saturated rings. The number of carbonyl (C=O) groups is 2. The summed E-state index contributed by atoms with van der Waals surface area (Å²) in [6, 6.07) is 16.4. The second kappa shape index (κ2) is 11.5. The summed E-state index contributed by atoms with van der Waals surface area (Å²) in [6.45, 7) is 9.74. The van der Waals surface area contributed by atoms with Gasteiger partial charge in [0.2, 0.25) is 0 Å². The number of carbonyl (C=O) groups excluding carboxylic acids is 2. The first-order valence-corrected chi connectivity index (χ1v) is 11.4. The zero-order valence-electron chi connectivity index (χ0n) is 20.0. The highest BCUT2D eigenvalue weighted by molar-refractivity contribution is 5.94. The molecule has 0 radical (unpaired) electrons. The van der Waals surface area contributed by atoms with E-state index in [2.05, 4.69) is 16.3 Å². The van der Waals surface area contributed by atoms with E-state index < -0.39 is 5.60 Å². The van der Waals surface area contributed by atoms with Crippen LogP contribution < -0.4 is 10.1 Å². The van der Waals surface area contributed by atoms with Gasteiger partial charge in [-0.15, -0.1) is 0 Å². The number of nitrogens with one attached hydrogen (secondary N) is 1. The average Bonchev–Trinajstić information content (AvgIpc) is 2.82. The smallest absolute Gasteiger partial charge is 0.410 e. The highest BCUT2D eigenvalue weighted by Crippen LogP contribution is 2.17. The predicted octanol–water partition coefficient (Wildman–Crippen LogP) is 3.42. The summed E-state index contributed by atoms with van der Waals surface area (Å²) in [5.41, 5.74) is 1.39. The van der Waals surface area contributed by atoms with Crippen LogP contribution in [0.1, 0.15) is 42.3 Å². The Morgan fingerprint density at radius 2 is 1.79 bits per heavy atom. The molecular weight excluding hydrogens is 432 g/mol. The minimum atomic E-state index is -0.498. The monoisotopic (exact) mass is 464 g/mol. The van der Waals surface area contributed by atoms with Crippen molar-refractivity contribution in [3.05, 3.63) is 65.2 Å². The number of nitriles is 1. The average molecular weight is 465 g/mol. The second-order valence-electron chi connectivity index (χ2n) is 9.15. The molecule has 1 saturated heterocycles. The summed E-state index contributed by atoms with van der Waals surface area (Å²) in [6.07, 6.45) is -0.279. The maximum atomic E-state index is 12.6. The molecule has 0 spiro atoms. The van der Waals surface area contributed by atoms with Crippen LogP contribution >= 0.6 is 0 Å². The van der Waals surface area contributed by atoms with Gasteiger partial charge in [-0.1, -0.05) is 24.3 Å². The maximum absolute atomic E-state index is 12.6. The van der Waals surface area contributed by atoms with E-state index in [1.807, 2.05) is 39.0 Å². The van der Waals surface area contributed by atoms with E-state index in [0.29, 0.717) is 43.1 Å². The third kappa shape index (κ3) is 7.49. The van der Waals surface area contributed by atoms with Gasteiger partial charge in [-0.3, -0.25) is 9.69 Å². The number of amides is 2. The van der Waals surface area contributed by atoms with Gasteiger partial charge in [0.15, 0.2) is 0 Å². The fourth-order valence-corrected chi connectivity index (χ4v) is 3.55. The fourth-order valence-electron chi connectivity index (χ4n) is 3.55. The summed E-state index contributed by atoms with van der Waals surface area (Å²) < 4.78 is 11.2. The highest BCUT2D eigenvalue weighted by atomic mass is 16.6. The van der Waals surface area contributed by atoms with E-state index in [0.717, 1.165) is 18.7 Å². The Labute approximate surface area is 201 Å². The summed E-state index contributed by atoms with van der Waals surface area (Å²) >= 11 is 0. The van der Waals surface area contributed by atoms with Gasteiger partial charge >= 0.3 is 6.09 Å². The quantitative estimate of drug-likeness (QED) is 0.675.